The third-order valence-electron chi connectivity index (χ3n) is 5.12. The number of amides is 2. The molecule has 7 nitrogen and oxygen atoms in total. The van der Waals surface area contributed by atoms with Crippen LogP contribution in [0.15, 0.2) is 23.0 Å². The molecule has 0 aliphatic heterocycles. The molecule has 2 heterocycles. The molecule has 0 saturated carbocycles. The Bertz CT molecular complexity index is 1200. The molecule has 1 aliphatic carbocycles. The number of aromatic amines is 1. The lowest BCUT2D eigenvalue weighted by atomic mass is 9.97. The highest BCUT2D eigenvalue weighted by Crippen LogP contribution is 2.33. The topological polar surface area (TPSA) is 118 Å². The maximum absolute atomic E-state index is 12.6. The SMILES string of the molecule is Cc1cc(NC(=O)CSCc2nc3sc4c(c3c(=O)[nH]2)CCCC4)ccc1C(N)=O. The van der Waals surface area contributed by atoms with E-state index in [0.29, 0.717) is 28.4 Å². The van der Waals surface area contributed by atoms with E-state index in [1.165, 1.54) is 28.6 Å². The molecular formula is C21H22N4O3S2. The number of carbonyl (C=O) groups excluding carboxylic acids is 2. The van der Waals surface area contributed by atoms with Crippen molar-refractivity contribution < 1.29 is 9.59 Å². The molecule has 2 aromatic heterocycles. The van der Waals surface area contributed by atoms with Gasteiger partial charge in [-0.05, 0) is 61.9 Å². The Morgan fingerprint density at radius 2 is 2.10 bits per heavy atom. The predicted octanol–water partition coefficient (Wildman–Crippen LogP) is 3.14. The van der Waals surface area contributed by atoms with Crippen LogP contribution in [0.5, 0.6) is 0 Å². The van der Waals surface area contributed by atoms with Crippen LogP contribution in [-0.4, -0.2) is 27.5 Å². The van der Waals surface area contributed by atoms with Crippen molar-refractivity contribution in [2.45, 2.75) is 38.4 Å². The highest BCUT2D eigenvalue weighted by Gasteiger charge is 2.19. The number of aryl methyl sites for hydroxylation is 3. The van der Waals surface area contributed by atoms with Crippen molar-refractivity contribution in [1.29, 1.82) is 0 Å². The van der Waals surface area contributed by atoms with E-state index in [4.69, 9.17) is 5.73 Å². The van der Waals surface area contributed by atoms with Crippen LogP contribution in [0, 0.1) is 6.92 Å². The van der Waals surface area contributed by atoms with E-state index in [-0.39, 0.29) is 17.2 Å². The van der Waals surface area contributed by atoms with Crippen LogP contribution in [0.2, 0.25) is 0 Å². The summed E-state index contributed by atoms with van der Waals surface area (Å²) in [6, 6.07) is 4.97. The Labute approximate surface area is 181 Å². The van der Waals surface area contributed by atoms with E-state index >= 15 is 0 Å². The van der Waals surface area contributed by atoms with Gasteiger partial charge in [0, 0.05) is 16.1 Å². The van der Waals surface area contributed by atoms with Crippen molar-refractivity contribution in [3.8, 4) is 0 Å². The van der Waals surface area contributed by atoms with Crippen molar-refractivity contribution in [3.05, 3.63) is 55.9 Å². The maximum Gasteiger partial charge on any atom is 0.259 e. The van der Waals surface area contributed by atoms with Crippen molar-refractivity contribution in [3.63, 3.8) is 0 Å². The zero-order valence-electron chi connectivity index (χ0n) is 16.5. The molecule has 0 fully saturated rings. The number of hydrogen-bond donors (Lipinski definition) is 3. The molecule has 30 heavy (non-hydrogen) atoms. The second-order valence-corrected chi connectivity index (χ2v) is 9.41. The molecule has 0 atom stereocenters. The van der Waals surface area contributed by atoms with Gasteiger partial charge < -0.3 is 16.0 Å². The molecule has 3 aromatic rings. The third-order valence-corrected chi connectivity index (χ3v) is 7.25. The number of anilines is 1. The number of nitrogens with one attached hydrogen (secondary N) is 2. The summed E-state index contributed by atoms with van der Waals surface area (Å²) in [6.07, 6.45) is 4.27. The van der Waals surface area contributed by atoms with Gasteiger partial charge in [0.25, 0.3) is 5.56 Å². The molecule has 0 unspecified atom stereocenters. The fourth-order valence-corrected chi connectivity index (χ4v) is 5.70. The number of benzene rings is 1. The Morgan fingerprint density at radius 3 is 2.87 bits per heavy atom. The lowest BCUT2D eigenvalue weighted by molar-refractivity contribution is -0.113. The number of nitrogens with two attached hydrogens (primary N) is 1. The standard InChI is InChI=1S/C21H22N4O3S2/c1-11-8-12(6-7-13(11)19(22)27)23-17(26)10-29-9-16-24-20(28)18-14-4-2-3-5-15(14)30-21(18)25-16/h6-8H,2-5,9-10H2,1H3,(H2,22,27)(H,23,26)(H,24,25,28). The zero-order chi connectivity index (χ0) is 21.3. The minimum atomic E-state index is -0.494. The van der Waals surface area contributed by atoms with Gasteiger partial charge in [-0.25, -0.2) is 4.98 Å². The quantitative estimate of drug-likeness (QED) is 0.542. The summed E-state index contributed by atoms with van der Waals surface area (Å²) in [7, 11) is 0. The Kier molecular flexibility index (Phi) is 5.92. The number of carbonyl (C=O) groups is 2. The molecular weight excluding hydrogens is 420 g/mol. The van der Waals surface area contributed by atoms with E-state index in [1.54, 1.807) is 36.5 Å². The Balaban J connectivity index is 1.37. The number of nitrogens with zero attached hydrogens (tertiary/aromatic N) is 1. The fraction of sp³-hybridized carbons (Fsp3) is 0.333. The summed E-state index contributed by atoms with van der Waals surface area (Å²) in [4.78, 5) is 45.7. The Hall–Kier alpha value is -2.65. The van der Waals surface area contributed by atoms with E-state index in [2.05, 4.69) is 15.3 Å². The monoisotopic (exact) mass is 442 g/mol. The van der Waals surface area contributed by atoms with Crippen molar-refractivity contribution in [2.75, 3.05) is 11.1 Å². The van der Waals surface area contributed by atoms with Gasteiger partial charge in [0.15, 0.2) is 0 Å². The Morgan fingerprint density at radius 1 is 1.30 bits per heavy atom. The molecule has 1 aliphatic rings. The van der Waals surface area contributed by atoms with E-state index in [9.17, 15) is 14.4 Å². The second-order valence-electron chi connectivity index (χ2n) is 7.34. The van der Waals surface area contributed by atoms with Crippen LogP contribution < -0.4 is 16.6 Å². The first kappa shape index (κ1) is 20.6. The van der Waals surface area contributed by atoms with Gasteiger partial charge in [0.1, 0.15) is 10.7 Å². The normalized spacial score (nSPS) is 13.2. The largest absolute Gasteiger partial charge is 0.366 e. The highest BCUT2D eigenvalue weighted by atomic mass is 32.2. The van der Waals surface area contributed by atoms with Gasteiger partial charge >= 0.3 is 0 Å². The molecule has 156 valence electrons. The summed E-state index contributed by atoms with van der Waals surface area (Å²) in [6.45, 7) is 1.77. The van der Waals surface area contributed by atoms with Gasteiger partial charge in [-0.1, -0.05) is 0 Å². The molecule has 1 aromatic carbocycles. The first-order chi connectivity index (χ1) is 14.4. The van der Waals surface area contributed by atoms with Gasteiger partial charge in [-0.15, -0.1) is 23.1 Å². The van der Waals surface area contributed by atoms with E-state index in [1.807, 2.05) is 0 Å². The zero-order valence-corrected chi connectivity index (χ0v) is 18.2. The molecule has 4 N–H and O–H groups in total. The summed E-state index contributed by atoms with van der Waals surface area (Å²) in [5, 5.41) is 3.55. The van der Waals surface area contributed by atoms with Crippen LogP contribution in [0.3, 0.4) is 0 Å². The smallest absolute Gasteiger partial charge is 0.259 e. The average molecular weight is 443 g/mol. The second kappa shape index (κ2) is 8.61. The van der Waals surface area contributed by atoms with Gasteiger partial charge in [0.2, 0.25) is 11.8 Å². The first-order valence-electron chi connectivity index (χ1n) is 9.74. The average Bonchev–Trinajstić information content (AvgIpc) is 3.06. The molecule has 0 bridgehead atoms. The number of thiophene rings is 1. The molecule has 4 rings (SSSR count). The number of thioether (sulfide) groups is 1. The fourth-order valence-electron chi connectivity index (χ4n) is 3.73. The lowest BCUT2D eigenvalue weighted by Gasteiger charge is -2.09. The third kappa shape index (κ3) is 4.27. The molecule has 2 amide bonds. The van der Waals surface area contributed by atoms with Crippen molar-refractivity contribution in [1.82, 2.24) is 9.97 Å². The number of rotatable bonds is 6. The number of hydrogen-bond acceptors (Lipinski definition) is 6. The van der Waals surface area contributed by atoms with E-state index < -0.39 is 5.91 Å². The number of aromatic nitrogens is 2. The first-order valence-corrected chi connectivity index (χ1v) is 11.7. The summed E-state index contributed by atoms with van der Waals surface area (Å²) >= 11 is 3.01. The molecule has 0 spiro atoms. The minimum absolute atomic E-state index is 0.0792. The van der Waals surface area contributed by atoms with Crippen LogP contribution in [0.4, 0.5) is 5.69 Å². The van der Waals surface area contributed by atoms with Crippen LogP contribution in [0.25, 0.3) is 10.2 Å². The lowest BCUT2D eigenvalue weighted by Crippen LogP contribution is -2.16. The van der Waals surface area contributed by atoms with Crippen LogP contribution in [-0.2, 0) is 23.4 Å². The molecule has 0 radical (unpaired) electrons. The minimum Gasteiger partial charge on any atom is -0.366 e. The number of primary amides is 1. The number of fused-ring (bicyclic) bond motifs is 3. The predicted molar refractivity (Wildman–Crippen MR) is 121 cm³/mol. The van der Waals surface area contributed by atoms with Crippen molar-refractivity contribution in [2.24, 2.45) is 5.73 Å². The highest BCUT2D eigenvalue weighted by molar-refractivity contribution is 7.99. The molecule has 0 saturated heterocycles. The summed E-state index contributed by atoms with van der Waals surface area (Å²) in [5.41, 5.74) is 8.15. The summed E-state index contributed by atoms with van der Waals surface area (Å²) < 4.78 is 0. The van der Waals surface area contributed by atoms with Gasteiger partial charge in [-0.3, -0.25) is 14.4 Å². The van der Waals surface area contributed by atoms with Crippen molar-refractivity contribution >= 4 is 50.8 Å². The van der Waals surface area contributed by atoms with E-state index in [0.717, 1.165) is 29.5 Å². The van der Waals surface area contributed by atoms with Gasteiger partial charge in [-0.2, -0.15) is 0 Å². The van der Waals surface area contributed by atoms with Crippen LogP contribution in [0.1, 0.15) is 45.0 Å². The molecule has 9 heteroatoms. The summed E-state index contributed by atoms with van der Waals surface area (Å²) in [5.74, 6) is 0.595. The maximum atomic E-state index is 12.6. The van der Waals surface area contributed by atoms with Gasteiger partial charge in [0.05, 0.1) is 16.9 Å². The van der Waals surface area contributed by atoms with Crippen LogP contribution >= 0.6 is 23.1 Å². The number of H-pyrrole nitrogens is 1.